The summed E-state index contributed by atoms with van der Waals surface area (Å²) in [6, 6.07) is 4.77. The summed E-state index contributed by atoms with van der Waals surface area (Å²) in [6.07, 6.45) is 6.23. The van der Waals surface area contributed by atoms with E-state index in [-0.39, 0.29) is 19.3 Å². The van der Waals surface area contributed by atoms with Gasteiger partial charge < -0.3 is 36.8 Å². The van der Waals surface area contributed by atoms with Gasteiger partial charge in [0.25, 0.3) is 0 Å². The largest absolute Gasteiger partial charge is 0.480 e. The van der Waals surface area contributed by atoms with Gasteiger partial charge in [-0.3, -0.25) is 14.4 Å². The number of H-pyrrole nitrogens is 2. The van der Waals surface area contributed by atoms with Gasteiger partial charge in [-0.25, -0.2) is 14.8 Å². The highest BCUT2D eigenvalue weighted by molar-refractivity contribution is 5.94. The molecule has 0 radical (unpaired) electrons. The van der Waals surface area contributed by atoms with Crippen LogP contribution in [0.5, 0.6) is 0 Å². The minimum absolute atomic E-state index is 0.0113. The van der Waals surface area contributed by atoms with E-state index < -0.39 is 47.9 Å². The fourth-order valence-electron chi connectivity index (χ4n) is 3.56. The number of nitrogens with zero attached hydrogens (tertiary/aromatic N) is 2. The maximum atomic E-state index is 13.1. The number of nitrogens with one attached hydrogen (secondary N) is 5. The van der Waals surface area contributed by atoms with E-state index >= 15 is 0 Å². The first-order valence-corrected chi connectivity index (χ1v) is 11.6. The lowest BCUT2D eigenvalue weighted by Crippen LogP contribution is -2.57. The Bertz CT molecular complexity index is 1170. The summed E-state index contributed by atoms with van der Waals surface area (Å²) < 4.78 is 0. The second-order valence-electron chi connectivity index (χ2n) is 8.55. The van der Waals surface area contributed by atoms with Crippen LogP contribution >= 0.6 is 0 Å². The minimum atomic E-state index is -1.23. The van der Waals surface area contributed by atoms with Crippen LogP contribution < -0.4 is 21.7 Å². The number of carbonyl (C=O) groups is 4. The molecule has 0 saturated carbocycles. The van der Waals surface area contributed by atoms with Crippen molar-refractivity contribution < 1.29 is 24.3 Å². The van der Waals surface area contributed by atoms with Gasteiger partial charge in [0, 0.05) is 43.0 Å². The SMILES string of the molecule is CC(NC(=O)C(Cc1ccccc1)NC(=O)C(N)Cc1cnc[nH]1)C(=O)NC(Cc1cnc[nH]1)C(=O)O. The smallest absolute Gasteiger partial charge is 0.326 e. The van der Waals surface area contributed by atoms with Crippen LogP contribution in [-0.4, -0.2) is 72.9 Å². The zero-order valence-electron chi connectivity index (χ0n) is 20.2. The molecule has 2 heterocycles. The summed E-state index contributed by atoms with van der Waals surface area (Å²) in [5, 5.41) is 17.1. The van der Waals surface area contributed by atoms with Crippen molar-refractivity contribution in [2.75, 3.05) is 0 Å². The number of carboxylic acids is 1. The molecular formula is C24H30N8O5. The van der Waals surface area contributed by atoms with Gasteiger partial charge in [0.15, 0.2) is 0 Å². The first-order chi connectivity index (χ1) is 17.7. The Morgan fingerprint density at radius 1 is 0.838 bits per heavy atom. The second-order valence-corrected chi connectivity index (χ2v) is 8.55. The van der Waals surface area contributed by atoms with Crippen LogP contribution in [0.4, 0.5) is 0 Å². The number of hydrogen-bond acceptors (Lipinski definition) is 7. The van der Waals surface area contributed by atoms with E-state index in [1.54, 1.807) is 30.5 Å². The molecule has 3 rings (SSSR count). The van der Waals surface area contributed by atoms with E-state index in [9.17, 15) is 24.3 Å². The van der Waals surface area contributed by atoms with Gasteiger partial charge in [-0.15, -0.1) is 0 Å². The first kappa shape index (κ1) is 27.1. The molecule has 3 aromatic rings. The monoisotopic (exact) mass is 510 g/mol. The molecule has 4 atom stereocenters. The number of carbonyl (C=O) groups excluding carboxylic acids is 3. The van der Waals surface area contributed by atoms with Crippen molar-refractivity contribution >= 4 is 23.7 Å². The quantitative estimate of drug-likeness (QED) is 0.152. The molecule has 8 N–H and O–H groups in total. The van der Waals surface area contributed by atoms with Gasteiger partial charge >= 0.3 is 5.97 Å². The van der Waals surface area contributed by atoms with E-state index in [1.807, 2.05) is 6.07 Å². The number of benzene rings is 1. The highest BCUT2D eigenvalue weighted by atomic mass is 16.4. The highest BCUT2D eigenvalue weighted by Crippen LogP contribution is 2.06. The second kappa shape index (κ2) is 13.0. The molecule has 13 nitrogen and oxygen atoms in total. The maximum Gasteiger partial charge on any atom is 0.326 e. The standard InChI is InChI=1S/C24H30N8O5/c1-14(21(33)32-20(24(36)37)9-17-11-27-13-29-17)30-23(35)19(7-15-5-3-2-4-6-15)31-22(34)18(25)8-16-10-26-12-28-16/h2-6,10-14,18-20H,7-9,25H2,1H3,(H,26,28)(H,27,29)(H,30,35)(H,31,34)(H,32,33)(H,36,37). The molecule has 0 aliphatic carbocycles. The van der Waals surface area contributed by atoms with Crippen molar-refractivity contribution in [3.05, 3.63) is 72.3 Å². The van der Waals surface area contributed by atoms with E-state index in [4.69, 9.17) is 5.73 Å². The summed E-state index contributed by atoms with van der Waals surface area (Å²) in [5.41, 5.74) is 8.00. The topological polar surface area (TPSA) is 208 Å². The third kappa shape index (κ3) is 8.28. The number of aromatic nitrogens is 4. The Labute approximate surface area is 212 Å². The fourth-order valence-corrected chi connectivity index (χ4v) is 3.56. The fraction of sp³-hybridized carbons (Fsp3) is 0.333. The molecule has 2 aromatic heterocycles. The Morgan fingerprint density at radius 2 is 1.43 bits per heavy atom. The summed E-state index contributed by atoms with van der Waals surface area (Å²) in [5.74, 6) is -3.09. The van der Waals surface area contributed by atoms with Crippen molar-refractivity contribution in [3.63, 3.8) is 0 Å². The summed E-state index contributed by atoms with van der Waals surface area (Å²) >= 11 is 0. The van der Waals surface area contributed by atoms with Crippen molar-refractivity contribution in [2.45, 2.75) is 50.4 Å². The zero-order chi connectivity index (χ0) is 26.8. The van der Waals surface area contributed by atoms with E-state index in [0.29, 0.717) is 11.4 Å². The lowest BCUT2D eigenvalue weighted by Gasteiger charge is -2.23. The molecule has 0 fully saturated rings. The van der Waals surface area contributed by atoms with E-state index in [1.165, 1.54) is 25.8 Å². The number of carboxylic acid groups (broad SMARTS) is 1. The summed E-state index contributed by atoms with van der Waals surface area (Å²) in [7, 11) is 0. The van der Waals surface area contributed by atoms with Gasteiger partial charge in [0.2, 0.25) is 17.7 Å². The highest BCUT2D eigenvalue weighted by Gasteiger charge is 2.29. The predicted octanol–water partition coefficient (Wildman–Crippen LogP) is -0.953. The molecule has 13 heteroatoms. The average molecular weight is 511 g/mol. The van der Waals surface area contributed by atoms with Gasteiger partial charge in [-0.2, -0.15) is 0 Å². The van der Waals surface area contributed by atoms with Gasteiger partial charge in [-0.05, 0) is 12.5 Å². The average Bonchev–Trinajstić information content (AvgIpc) is 3.58. The number of nitrogens with two attached hydrogens (primary N) is 1. The lowest BCUT2D eigenvalue weighted by molar-refractivity contribution is -0.142. The number of imidazole rings is 2. The zero-order valence-corrected chi connectivity index (χ0v) is 20.2. The number of amides is 3. The molecule has 196 valence electrons. The summed E-state index contributed by atoms with van der Waals surface area (Å²) in [6.45, 7) is 1.42. The molecule has 0 saturated heterocycles. The molecule has 0 aliphatic rings. The van der Waals surface area contributed by atoms with E-state index in [0.717, 1.165) is 5.56 Å². The van der Waals surface area contributed by atoms with Crippen LogP contribution in [0.3, 0.4) is 0 Å². The molecule has 1 aromatic carbocycles. The molecular weight excluding hydrogens is 480 g/mol. The Balaban J connectivity index is 1.64. The number of hydrogen-bond donors (Lipinski definition) is 7. The Hall–Kier alpha value is -4.52. The number of aliphatic carboxylic acids is 1. The molecule has 37 heavy (non-hydrogen) atoms. The molecule has 0 aliphatic heterocycles. The van der Waals surface area contributed by atoms with Crippen molar-refractivity contribution in [1.82, 2.24) is 35.9 Å². The van der Waals surface area contributed by atoms with E-state index in [2.05, 4.69) is 35.9 Å². The van der Waals surface area contributed by atoms with Crippen LogP contribution in [-0.2, 0) is 38.4 Å². The summed E-state index contributed by atoms with van der Waals surface area (Å²) in [4.78, 5) is 63.6. The molecule has 0 spiro atoms. The van der Waals surface area contributed by atoms with Crippen molar-refractivity contribution in [2.24, 2.45) is 5.73 Å². The van der Waals surface area contributed by atoms with Crippen LogP contribution in [0.25, 0.3) is 0 Å². The van der Waals surface area contributed by atoms with Crippen molar-refractivity contribution in [3.8, 4) is 0 Å². The van der Waals surface area contributed by atoms with Crippen LogP contribution in [0.2, 0.25) is 0 Å². The minimum Gasteiger partial charge on any atom is -0.480 e. The third-order valence-corrected chi connectivity index (χ3v) is 5.59. The van der Waals surface area contributed by atoms with Gasteiger partial charge in [0.1, 0.15) is 18.1 Å². The van der Waals surface area contributed by atoms with Crippen LogP contribution in [0.15, 0.2) is 55.4 Å². The van der Waals surface area contributed by atoms with Crippen LogP contribution in [0.1, 0.15) is 23.9 Å². The van der Waals surface area contributed by atoms with Gasteiger partial charge in [-0.1, -0.05) is 30.3 Å². The number of aromatic amines is 2. The van der Waals surface area contributed by atoms with Crippen LogP contribution in [0, 0.1) is 0 Å². The molecule has 0 bridgehead atoms. The maximum absolute atomic E-state index is 13.1. The normalized spacial score (nSPS) is 14.1. The Kier molecular flexibility index (Phi) is 9.49. The predicted molar refractivity (Wildman–Crippen MR) is 132 cm³/mol. The van der Waals surface area contributed by atoms with Crippen molar-refractivity contribution in [1.29, 1.82) is 0 Å². The number of rotatable bonds is 13. The molecule has 3 amide bonds. The molecule has 4 unspecified atom stereocenters. The lowest BCUT2D eigenvalue weighted by atomic mass is 10.0. The third-order valence-electron chi connectivity index (χ3n) is 5.59. The van der Waals surface area contributed by atoms with Gasteiger partial charge in [0.05, 0.1) is 18.7 Å². The Morgan fingerprint density at radius 3 is 2.00 bits per heavy atom. The first-order valence-electron chi connectivity index (χ1n) is 11.6.